The van der Waals surface area contributed by atoms with Crippen LogP contribution in [0.25, 0.3) is 0 Å². The first-order valence-electron chi connectivity index (χ1n) is 8.00. The van der Waals surface area contributed by atoms with Gasteiger partial charge in [0.05, 0.1) is 0 Å². The predicted octanol–water partition coefficient (Wildman–Crippen LogP) is 2.09. The minimum atomic E-state index is -1.14. The molecule has 0 saturated heterocycles. The van der Waals surface area contributed by atoms with Crippen LogP contribution >= 0.6 is 0 Å². The van der Waals surface area contributed by atoms with E-state index in [4.69, 9.17) is 14.6 Å². The molecule has 1 rings (SSSR count). The number of aliphatic carboxylic acids is 1. The standard InChI is InChI=1S/C16H20NO6.C2H6.Fm/c1-16(2,3)23-14(19)9-22-12-6-4-11(5-7-12)8-13(15(20)21)17-10-18;1-2;/h4-7,13H,8-9H2,1-3H3,(H,17,18)(H,20,21);1-2H3;/q-1;;. The molecular formula is C18H26FmNO6-. The number of esters is 1. The van der Waals surface area contributed by atoms with Crippen molar-refractivity contribution in [1.82, 2.24) is 5.32 Å². The zero-order valence-corrected chi connectivity index (χ0v) is 18.0. The molecule has 0 aromatic heterocycles. The third-order valence-electron chi connectivity index (χ3n) is 2.67. The van der Waals surface area contributed by atoms with Crippen molar-refractivity contribution in [2.24, 2.45) is 0 Å². The molecule has 0 saturated carbocycles. The fourth-order valence-electron chi connectivity index (χ4n) is 1.74. The number of nitrogens with one attached hydrogen (secondary N) is 1. The smallest absolute Gasteiger partial charge is 0.344 e. The van der Waals surface area contributed by atoms with Crippen LogP contribution in [0.2, 0.25) is 0 Å². The Kier molecular flexibility index (Phi) is 11.3. The van der Waals surface area contributed by atoms with Crippen molar-refractivity contribution in [2.45, 2.75) is 52.7 Å². The maximum Gasteiger partial charge on any atom is 0.344 e. The summed E-state index contributed by atoms with van der Waals surface area (Å²) in [6, 6.07) is 5.51. The second kappa shape index (κ2) is 11.9. The van der Waals surface area contributed by atoms with Gasteiger partial charge in [-0.2, -0.15) is 6.41 Å². The summed E-state index contributed by atoms with van der Waals surface area (Å²) in [6.07, 6.45) is 1.50. The first kappa shape index (κ1) is 24.7. The molecule has 1 atom stereocenters. The summed E-state index contributed by atoms with van der Waals surface area (Å²) in [6.45, 7) is 9.09. The zero-order chi connectivity index (χ0) is 19.5. The summed E-state index contributed by atoms with van der Waals surface area (Å²) in [5.41, 5.74) is 0.128. The van der Waals surface area contributed by atoms with Gasteiger partial charge in [-0.1, -0.05) is 26.0 Å². The molecule has 152 valence electrons. The molecule has 0 fully saturated rings. The van der Waals surface area contributed by atoms with Gasteiger partial charge >= 0.3 is 11.9 Å². The molecule has 0 spiro atoms. The van der Waals surface area contributed by atoms with Crippen molar-refractivity contribution in [1.29, 1.82) is 0 Å². The molecule has 8 heteroatoms. The fourth-order valence-corrected chi connectivity index (χ4v) is 1.74. The molecule has 0 aliphatic carbocycles. The second-order valence-corrected chi connectivity index (χ2v) is 5.86. The van der Waals surface area contributed by atoms with Crippen LogP contribution in [-0.4, -0.2) is 41.7 Å². The number of carboxylic acid groups (broad SMARTS) is 1. The minimum Gasteiger partial charge on any atom is -0.520 e. The second-order valence-electron chi connectivity index (χ2n) is 5.86. The average molecular weight is 609 g/mol. The van der Waals surface area contributed by atoms with Gasteiger partial charge in [0.15, 0.2) is 6.61 Å². The number of carboxylic acids is 1. The number of hydrogen-bond acceptors (Lipinski definition) is 5. The van der Waals surface area contributed by atoms with Crippen LogP contribution in [0.15, 0.2) is 24.3 Å². The van der Waals surface area contributed by atoms with E-state index in [-0.39, 0.29) is 13.0 Å². The van der Waals surface area contributed by atoms with Crippen LogP contribution in [0.1, 0.15) is 40.2 Å². The first-order valence-corrected chi connectivity index (χ1v) is 8.00. The molecule has 1 amide bonds. The van der Waals surface area contributed by atoms with Gasteiger partial charge in [-0.25, -0.2) is 4.79 Å². The van der Waals surface area contributed by atoms with E-state index in [9.17, 15) is 14.4 Å². The Morgan fingerprint density at radius 1 is 1.19 bits per heavy atom. The van der Waals surface area contributed by atoms with Gasteiger partial charge < -0.3 is 24.7 Å². The summed E-state index contributed by atoms with van der Waals surface area (Å²) >= 11 is 0. The molecule has 0 heterocycles. The fraction of sp³-hybridized carbons (Fsp3) is 0.500. The monoisotopic (exact) mass is 609 g/mol. The quantitative estimate of drug-likeness (QED) is 0.266. The minimum absolute atomic E-state index is 0. The summed E-state index contributed by atoms with van der Waals surface area (Å²) in [5, 5.41) is 11.1. The molecular weight excluding hydrogens is 583 g/mol. The van der Waals surface area contributed by atoms with Crippen molar-refractivity contribution < 1.29 is 29.0 Å². The molecule has 0 aliphatic rings. The Hall–Kier alpha value is -3.57. The third kappa shape index (κ3) is 10.3. The van der Waals surface area contributed by atoms with Gasteiger partial charge in [0.1, 0.15) is 17.4 Å². The van der Waals surface area contributed by atoms with E-state index in [1.807, 2.05) is 13.8 Å². The number of benzene rings is 1. The van der Waals surface area contributed by atoms with Crippen molar-refractivity contribution in [2.75, 3.05) is 6.61 Å². The van der Waals surface area contributed by atoms with E-state index in [2.05, 4.69) is 5.32 Å². The van der Waals surface area contributed by atoms with Gasteiger partial charge in [0.25, 0.3) is 0 Å². The van der Waals surface area contributed by atoms with Crippen molar-refractivity contribution in [3.8, 4) is 5.75 Å². The van der Waals surface area contributed by atoms with Crippen molar-refractivity contribution >= 4 is 18.3 Å². The van der Waals surface area contributed by atoms with Crippen LogP contribution in [0.3, 0.4) is 0 Å². The van der Waals surface area contributed by atoms with E-state index in [0.29, 0.717) is 11.3 Å². The van der Waals surface area contributed by atoms with E-state index in [1.54, 1.807) is 45.0 Å². The Balaban J connectivity index is 0. The SMILES string of the molecule is CC.CC(C)(C)OC(=O)COc1ccc(CC(N[C-]=O)C(=O)O)cc1.[Fm]. The van der Waals surface area contributed by atoms with Crippen LogP contribution in [0.5, 0.6) is 5.75 Å². The summed E-state index contributed by atoms with van der Waals surface area (Å²) in [4.78, 5) is 32.7. The van der Waals surface area contributed by atoms with Crippen LogP contribution in [-0.2, 0) is 25.5 Å². The van der Waals surface area contributed by atoms with E-state index in [1.165, 1.54) is 6.41 Å². The van der Waals surface area contributed by atoms with Gasteiger partial charge in [-0.15, -0.1) is 0 Å². The number of carbonyl (C=O) groups excluding carboxylic acids is 2. The Morgan fingerprint density at radius 3 is 2.15 bits per heavy atom. The van der Waals surface area contributed by atoms with Crippen molar-refractivity contribution in [3.63, 3.8) is 0 Å². The molecule has 1 aromatic carbocycles. The largest absolute Gasteiger partial charge is 0.520 e. The molecule has 7 nitrogen and oxygen atoms in total. The van der Waals surface area contributed by atoms with E-state index >= 15 is 0 Å². The Morgan fingerprint density at radius 2 is 1.73 bits per heavy atom. The molecule has 1 unspecified atom stereocenters. The Bertz CT molecular complexity index is 554. The molecule has 26 heavy (non-hydrogen) atoms. The molecule has 2 N–H and O–H groups in total. The number of hydrogen-bond donors (Lipinski definition) is 2. The van der Waals surface area contributed by atoms with E-state index in [0.717, 1.165) is 0 Å². The summed E-state index contributed by atoms with van der Waals surface area (Å²) in [7, 11) is 0. The number of ether oxygens (including phenoxy) is 2. The molecule has 1 aromatic rings. The average Bonchev–Trinajstić information content (AvgIpc) is 2.54. The first-order chi connectivity index (χ1) is 11.7. The topological polar surface area (TPSA) is 102 Å². The van der Waals surface area contributed by atoms with E-state index < -0.39 is 23.6 Å². The molecule has 0 bridgehead atoms. The van der Waals surface area contributed by atoms with Gasteiger partial charge in [-0.05, 0) is 38.5 Å². The zero-order valence-electron chi connectivity index (χ0n) is 15.6. The summed E-state index contributed by atoms with van der Waals surface area (Å²) in [5.74, 6) is -1.15. The number of amides is 1. The van der Waals surface area contributed by atoms with Crippen molar-refractivity contribution in [3.05, 3.63) is 29.8 Å². The maximum atomic E-state index is 11.5. The predicted molar refractivity (Wildman–Crippen MR) is 93.1 cm³/mol. The van der Waals surface area contributed by atoms with Gasteiger partial charge in [0, 0.05) is 6.42 Å². The normalized spacial score (nSPS) is 11.0. The Labute approximate surface area is 148 Å². The maximum absolute atomic E-state index is 11.5. The summed E-state index contributed by atoms with van der Waals surface area (Å²) < 4.78 is 10.4. The van der Waals surface area contributed by atoms with Crippen LogP contribution < -0.4 is 10.1 Å². The third-order valence-corrected chi connectivity index (χ3v) is 2.67. The van der Waals surface area contributed by atoms with Crippen LogP contribution in [0, 0.1) is 0 Å². The number of carbonyl (C=O) groups is 2. The van der Waals surface area contributed by atoms with Crippen LogP contribution in [0.4, 0.5) is 0 Å². The molecule has 0 aliphatic heterocycles. The van der Waals surface area contributed by atoms with Gasteiger partial charge in [-0.3, -0.25) is 4.79 Å². The number of rotatable bonds is 8. The molecule has 0 radical (unpaired) electrons. The van der Waals surface area contributed by atoms with Gasteiger partial charge in [0.2, 0.25) is 0 Å².